The molecule has 1 amide bonds. The lowest BCUT2D eigenvalue weighted by atomic mass is 10.1. The summed E-state index contributed by atoms with van der Waals surface area (Å²) in [5.41, 5.74) is 2.50. The van der Waals surface area contributed by atoms with Gasteiger partial charge in [0.05, 0.1) is 12.0 Å². The van der Waals surface area contributed by atoms with Gasteiger partial charge in [-0.15, -0.1) is 0 Å². The van der Waals surface area contributed by atoms with E-state index < -0.39 is 4.92 Å². The number of rotatable bonds is 8. The molecule has 0 aliphatic heterocycles. The van der Waals surface area contributed by atoms with Crippen LogP contribution in [0.3, 0.4) is 0 Å². The Hall–Kier alpha value is -4.14. The molecule has 0 unspecified atom stereocenters. The van der Waals surface area contributed by atoms with Crippen LogP contribution in [0.5, 0.6) is 11.5 Å². The number of hydrogen-bond donors (Lipinski definition) is 1. The van der Waals surface area contributed by atoms with Crippen molar-refractivity contribution in [2.24, 2.45) is 0 Å². The molecule has 0 fully saturated rings. The first-order valence-electron chi connectivity index (χ1n) is 9.33. The maximum atomic E-state index is 12.1. The molecule has 3 rings (SSSR count). The molecule has 9 nitrogen and oxygen atoms in total. The smallest absolute Gasteiger partial charge is 0.338 e. The van der Waals surface area contributed by atoms with Crippen LogP contribution in [-0.4, -0.2) is 29.7 Å². The lowest BCUT2D eigenvalue weighted by molar-refractivity contribution is -0.386. The first-order chi connectivity index (χ1) is 14.9. The van der Waals surface area contributed by atoms with Crippen molar-refractivity contribution < 1.29 is 23.7 Å². The number of benzene rings is 2. The number of aromatic nitrogens is 1. The highest BCUT2D eigenvalue weighted by Gasteiger charge is 2.21. The number of nitrogens with zero attached hydrogens (tertiary/aromatic N) is 2. The van der Waals surface area contributed by atoms with Crippen LogP contribution < -0.4 is 14.8 Å². The highest BCUT2D eigenvalue weighted by molar-refractivity contribution is 5.91. The fourth-order valence-corrected chi connectivity index (χ4v) is 2.77. The van der Waals surface area contributed by atoms with E-state index >= 15 is 0 Å². The Labute approximate surface area is 178 Å². The largest absolute Gasteiger partial charge is 0.493 e. The standard InChI is InChI=1S/C22H21N3O6/c1-14-4-8-17(9-5-14)23-21(26)13-30-18-10-6-16(12-20(18)29-3)7-11-19-22(25(27)28)15(2)24-31-19/h4-12H,13H2,1-3H3,(H,23,26). The van der Waals surface area contributed by atoms with E-state index in [1.807, 2.05) is 31.2 Å². The zero-order valence-electron chi connectivity index (χ0n) is 17.2. The second kappa shape index (κ2) is 9.57. The summed E-state index contributed by atoms with van der Waals surface area (Å²) in [7, 11) is 1.48. The summed E-state index contributed by atoms with van der Waals surface area (Å²) >= 11 is 0. The maximum Gasteiger partial charge on any atom is 0.338 e. The number of hydrogen-bond acceptors (Lipinski definition) is 7. The number of carbonyl (C=O) groups is 1. The molecule has 0 spiro atoms. The molecule has 0 saturated heterocycles. The molecule has 0 aliphatic carbocycles. The Morgan fingerprint density at radius 3 is 2.58 bits per heavy atom. The highest BCUT2D eigenvalue weighted by atomic mass is 16.6. The zero-order valence-corrected chi connectivity index (χ0v) is 17.2. The minimum atomic E-state index is -0.537. The molecule has 3 aromatic rings. The third-order valence-corrected chi connectivity index (χ3v) is 4.35. The molecule has 160 valence electrons. The molecular formula is C22H21N3O6. The molecule has 0 aliphatic rings. The van der Waals surface area contributed by atoms with E-state index in [2.05, 4.69) is 10.5 Å². The van der Waals surface area contributed by atoms with Crippen LogP contribution in [0.4, 0.5) is 11.4 Å². The van der Waals surface area contributed by atoms with Gasteiger partial charge < -0.3 is 19.3 Å². The molecule has 0 bridgehead atoms. The predicted molar refractivity (Wildman–Crippen MR) is 115 cm³/mol. The van der Waals surface area contributed by atoms with Gasteiger partial charge >= 0.3 is 5.69 Å². The molecule has 1 heterocycles. The number of ether oxygens (including phenoxy) is 2. The molecule has 1 aromatic heterocycles. The van der Waals surface area contributed by atoms with E-state index in [-0.39, 0.29) is 29.7 Å². The van der Waals surface area contributed by atoms with Crippen LogP contribution in [0.25, 0.3) is 12.2 Å². The topological polar surface area (TPSA) is 117 Å². The molecule has 9 heteroatoms. The summed E-state index contributed by atoms with van der Waals surface area (Å²) < 4.78 is 15.9. The number of aryl methyl sites for hydroxylation is 2. The van der Waals surface area contributed by atoms with Gasteiger partial charge in [0.25, 0.3) is 5.91 Å². The second-order valence-corrected chi connectivity index (χ2v) is 6.68. The van der Waals surface area contributed by atoms with Crippen molar-refractivity contribution in [1.29, 1.82) is 0 Å². The summed E-state index contributed by atoms with van der Waals surface area (Å²) in [6, 6.07) is 12.5. The van der Waals surface area contributed by atoms with Gasteiger partial charge in [0.2, 0.25) is 5.76 Å². The normalized spacial score (nSPS) is 10.8. The molecular weight excluding hydrogens is 402 g/mol. The van der Waals surface area contributed by atoms with Gasteiger partial charge in [-0.25, -0.2) is 0 Å². The van der Waals surface area contributed by atoms with E-state index in [1.54, 1.807) is 24.3 Å². The number of nitrogens with one attached hydrogen (secondary N) is 1. The molecule has 0 radical (unpaired) electrons. The second-order valence-electron chi connectivity index (χ2n) is 6.68. The monoisotopic (exact) mass is 423 g/mol. The van der Waals surface area contributed by atoms with E-state index in [4.69, 9.17) is 14.0 Å². The first-order valence-corrected chi connectivity index (χ1v) is 9.33. The Morgan fingerprint density at radius 2 is 1.90 bits per heavy atom. The Kier molecular flexibility index (Phi) is 6.66. The summed E-state index contributed by atoms with van der Waals surface area (Å²) in [6.45, 7) is 3.28. The van der Waals surface area contributed by atoms with E-state index in [9.17, 15) is 14.9 Å². The average molecular weight is 423 g/mol. The van der Waals surface area contributed by atoms with Gasteiger partial charge in [-0.3, -0.25) is 14.9 Å². The molecule has 0 saturated carbocycles. The van der Waals surface area contributed by atoms with Gasteiger partial charge in [-0.05, 0) is 49.8 Å². The van der Waals surface area contributed by atoms with E-state index in [0.717, 1.165) is 5.56 Å². The molecule has 1 N–H and O–H groups in total. The summed E-state index contributed by atoms with van der Waals surface area (Å²) in [5, 5.41) is 17.5. The van der Waals surface area contributed by atoms with Crippen LogP contribution in [0, 0.1) is 24.0 Å². The van der Waals surface area contributed by atoms with Crippen LogP contribution in [-0.2, 0) is 4.79 Å². The number of anilines is 1. The van der Waals surface area contributed by atoms with Gasteiger partial charge in [0.15, 0.2) is 23.8 Å². The predicted octanol–water partition coefficient (Wildman–Crippen LogP) is 4.40. The van der Waals surface area contributed by atoms with Crippen LogP contribution in [0.2, 0.25) is 0 Å². The van der Waals surface area contributed by atoms with Crippen LogP contribution >= 0.6 is 0 Å². The molecule has 0 atom stereocenters. The highest BCUT2D eigenvalue weighted by Crippen LogP contribution is 2.30. The van der Waals surface area contributed by atoms with Gasteiger partial charge in [0, 0.05) is 5.69 Å². The van der Waals surface area contributed by atoms with Crippen molar-refractivity contribution in [1.82, 2.24) is 5.16 Å². The maximum absolute atomic E-state index is 12.1. The van der Waals surface area contributed by atoms with Crippen molar-refractivity contribution in [2.45, 2.75) is 13.8 Å². The quantitative estimate of drug-likeness (QED) is 0.422. The van der Waals surface area contributed by atoms with Gasteiger partial charge in [-0.1, -0.05) is 35.0 Å². The Balaban J connectivity index is 1.66. The fourth-order valence-electron chi connectivity index (χ4n) is 2.77. The number of methoxy groups -OCH3 is 1. The van der Waals surface area contributed by atoms with Gasteiger partial charge in [0.1, 0.15) is 0 Å². The number of nitro groups is 1. The number of amides is 1. The lowest BCUT2D eigenvalue weighted by Crippen LogP contribution is -2.20. The van der Waals surface area contributed by atoms with Crippen LogP contribution in [0.1, 0.15) is 22.6 Å². The third kappa shape index (κ3) is 5.47. The van der Waals surface area contributed by atoms with Gasteiger partial charge in [-0.2, -0.15) is 0 Å². The van der Waals surface area contributed by atoms with E-state index in [0.29, 0.717) is 22.7 Å². The summed E-state index contributed by atoms with van der Waals surface area (Å²) in [6.07, 6.45) is 3.09. The lowest BCUT2D eigenvalue weighted by Gasteiger charge is -2.11. The number of carbonyl (C=O) groups excluding carboxylic acids is 1. The van der Waals surface area contributed by atoms with Crippen molar-refractivity contribution in [3.05, 3.63) is 75.2 Å². The Morgan fingerprint density at radius 1 is 1.16 bits per heavy atom. The molecule has 31 heavy (non-hydrogen) atoms. The average Bonchev–Trinajstić information content (AvgIpc) is 3.13. The minimum Gasteiger partial charge on any atom is -0.493 e. The van der Waals surface area contributed by atoms with Crippen molar-refractivity contribution in [3.8, 4) is 11.5 Å². The third-order valence-electron chi connectivity index (χ3n) is 4.35. The zero-order chi connectivity index (χ0) is 22.4. The van der Waals surface area contributed by atoms with Crippen molar-refractivity contribution >= 4 is 29.4 Å². The first kappa shape index (κ1) is 21.6. The molecule has 2 aromatic carbocycles. The van der Waals surface area contributed by atoms with Crippen molar-refractivity contribution in [3.63, 3.8) is 0 Å². The van der Waals surface area contributed by atoms with E-state index in [1.165, 1.54) is 20.1 Å². The Bertz CT molecular complexity index is 1120. The SMILES string of the molecule is COc1cc(C=Cc2onc(C)c2[N+](=O)[O-])ccc1OCC(=O)Nc1ccc(C)cc1. The van der Waals surface area contributed by atoms with Crippen LogP contribution in [0.15, 0.2) is 47.0 Å². The minimum absolute atomic E-state index is 0.0505. The fraction of sp³-hybridized carbons (Fsp3) is 0.182. The summed E-state index contributed by atoms with van der Waals surface area (Å²) in [4.78, 5) is 22.7. The summed E-state index contributed by atoms with van der Waals surface area (Å²) in [5.74, 6) is 0.547. The van der Waals surface area contributed by atoms with Crippen molar-refractivity contribution in [2.75, 3.05) is 19.0 Å².